The van der Waals surface area contributed by atoms with E-state index in [9.17, 15) is 14.3 Å². The van der Waals surface area contributed by atoms with Gasteiger partial charge in [-0.1, -0.05) is 6.07 Å². The van der Waals surface area contributed by atoms with Gasteiger partial charge in [-0.2, -0.15) is 5.26 Å². The van der Waals surface area contributed by atoms with Gasteiger partial charge in [-0.15, -0.1) is 0 Å². The van der Waals surface area contributed by atoms with Crippen LogP contribution in [-0.4, -0.2) is 24.2 Å². The lowest BCUT2D eigenvalue weighted by molar-refractivity contribution is -0.122. The first-order chi connectivity index (χ1) is 8.54. The SMILES string of the molecule is C[C@@H](O)c1ccc(OCC(=O)NCC#N)c(F)c1. The number of hydrogen-bond donors (Lipinski definition) is 2. The number of hydrogen-bond acceptors (Lipinski definition) is 4. The first kappa shape index (κ1) is 13.9. The average molecular weight is 252 g/mol. The summed E-state index contributed by atoms with van der Waals surface area (Å²) < 4.78 is 18.4. The van der Waals surface area contributed by atoms with Gasteiger partial charge < -0.3 is 15.2 Å². The second-order valence-electron chi connectivity index (χ2n) is 3.59. The van der Waals surface area contributed by atoms with Gasteiger partial charge in [-0.3, -0.25) is 4.79 Å². The molecule has 1 atom stereocenters. The van der Waals surface area contributed by atoms with Gasteiger partial charge in [0, 0.05) is 0 Å². The van der Waals surface area contributed by atoms with Crippen LogP contribution >= 0.6 is 0 Å². The Morgan fingerprint density at radius 1 is 1.67 bits per heavy atom. The number of nitrogens with zero attached hydrogens (tertiary/aromatic N) is 1. The number of nitriles is 1. The van der Waals surface area contributed by atoms with E-state index < -0.39 is 17.8 Å². The molecular weight excluding hydrogens is 239 g/mol. The Morgan fingerprint density at radius 3 is 2.94 bits per heavy atom. The van der Waals surface area contributed by atoms with Crippen LogP contribution in [0.1, 0.15) is 18.6 Å². The summed E-state index contributed by atoms with van der Waals surface area (Å²) in [6.07, 6.45) is -0.771. The summed E-state index contributed by atoms with van der Waals surface area (Å²) in [4.78, 5) is 11.1. The van der Waals surface area contributed by atoms with Crippen molar-refractivity contribution < 1.29 is 19.0 Å². The molecule has 2 N–H and O–H groups in total. The van der Waals surface area contributed by atoms with E-state index in [1.54, 1.807) is 6.07 Å². The van der Waals surface area contributed by atoms with Crippen LogP contribution in [0.15, 0.2) is 18.2 Å². The third-order valence-corrected chi connectivity index (χ3v) is 2.16. The molecule has 1 aromatic carbocycles. The second-order valence-corrected chi connectivity index (χ2v) is 3.59. The summed E-state index contributed by atoms with van der Waals surface area (Å²) in [6.45, 7) is 1.03. The van der Waals surface area contributed by atoms with E-state index in [2.05, 4.69) is 5.32 Å². The highest BCUT2D eigenvalue weighted by molar-refractivity contribution is 5.77. The molecule has 0 radical (unpaired) electrons. The minimum Gasteiger partial charge on any atom is -0.481 e. The van der Waals surface area contributed by atoms with Gasteiger partial charge >= 0.3 is 0 Å². The molecule has 5 nitrogen and oxygen atoms in total. The lowest BCUT2D eigenvalue weighted by atomic mass is 10.1. The maximum Gasteiger partial charge on any atom is 0.258 e. The molecule has 0 fully saturated rings. The maximum atomic E-state index is 13.5. The molecule has 0 heterocycles. The summed E-state index contributed by atoms with van der Waals surface area (Å²) in [5.41, 5.74) is 0.425. The molecule has 0 unspecified atom stereocenters. The zero-order valence-electron chi connectivity index (χ0n) is 9.81. The van der Waals surface area contributed by atoms with Gasteiger partial charge in [0.2, 0.25) is 0 Å². The summed E-state index contributed by atoms with van der Waals surface area (Å²) >= 11 is 0. The predicted molar refractivity (Wildman–Crippen MR) is 61.2 cm³/mol. The number of rotatable bonds is 5. The number of amides is 1. The van der Waals surface area contributed by atoms with Crippen molar-refractivity contribution in [3.63, 3.8) is 0 Å². The zero-order chi connectivity index (χ0) is 13.5. The van der Waals surface area contributed by atoms with Gasteiger partial charge in [0.15, 0.2) is 18.2 Å². The van der Waals surface area contributed by atoms with Crippen LogP contribution in [-0.2, 0) is 4.79 Å². The maximum absolute atomic E-state index is 13.5. The number of nitrogens with one attached hydrogen (secondary N) is 1. The van der Waals surface area contributed by atoms with Gasteiger partial charge in [-0.25, -0.2) is 4.39 Å². The van der Waals surface area contributed by atoms with Crippen LogP contribution in [0.25, 0.3) is 0 Å². The van der Waals surface area contributed by atoms with Gasteiger partial charge in [0.1, 0.15) is 6.54 Å². The lowest BCUT2D eigenvalue weighted by Crippen LogP contribution is -2.29. The molecule has 1 aromatic rings. The summed E-state index contributed by atoms with van der Waals surface area (Å²) in [5, 5.41) is 19.8. The predicted octanol–water partition coefficient (Wildman–Crippen LogP) is 0.898. The van der Waals surface area contributed by atoms with E-state index in [0.717, 1.165) is 6.07 Å². The molecule has 0 spiro atoms. The van der Waals surface area contributed by atoms with Crippen LogP contribution in [0.2, 0.25) is 0 Å². The lowest BCUT2D eigenvalue weighted by Gasteiger charge is -2.09. The summed E-state index contributed by atoms with van der Waals surface area (Å²) in [5.74, 6) is -1.23. The molecule has 18 heavy (non-hydrogen) atoms. The Hall–Kier alpha value is -2.13. The molecule has 1 rings (SSSR count). The smallest absolute Gasteiger partial charge is 0.258 e. The fourth-order valence-electron chi connectivity index (χ4n) is 1.23. The number of aliphatic hydroxyl groups is 1. The first-order valence-corrected chi connectivity index (χ1v) is 5.28. The third kappa shape index (κ3) is 4.03. The van der Waals surface area contributed by atoms with Crippen LogP contribution in [0, 0.1) is 17.1 Å². The molecule has 0 bridgehead atoms. The van der Waals surface area contributed by atoms with Crippen molar-refractivity contribution in [2.45, 2.75) is 13.0 Å². The Kier molecular flexibility index (Phi) is 5.08. The number of halogens is 1. The molecule has 0 saturated carbocycles. The normalized spacial score (nSPS) is 11.4. The molecule has 1 amide bonds. The Morgan fingerprint density at radius 2 is 2.39 bits per heavy atom. The molecule has 0 aromatic heterocycles. The van der Waals surface area contributed by atoms with Crippen LogP contribution in [0.3, 0.4) is 0 Å². The van der Waals surface area contributed by atoms with E-state index in [0.29, 0.717) is 5.56 Å². The highest BCUT2D eigenvalue weighted by Gasteiger charge is 2.09. The minimum absolute atomic E-state index is 0.0773. The molecule has 96 valence electrons. The molecular formula is C12H13FN2O3. The number of ether oxygens (including phenoxy) is 1. The Bertz CT molecular complexity index is 469. The number of carbonyl (C=O) groups is 1. The fourth-order valence-corrected chi connectivity index (χ4v) is 1.23. The highest BCUT2D eigenvalue weighted by atomic mass is 19.1. The molecule has 0 saturated heterocycles. The standard InChI is InChI=1S/C12H13FN2O3/c1-8(16)9-2-3-11(10(13)6-9)18-7-12(17)15-5-4-14/h2-3,6,8,16H,5,7H2,1H3,(H,15,17)/t8-/m1/s1. The van der Waals surface area contributed by atoms with E-state index in [1.807, 2.05) is 0 Å². The number of aliphatic hydroxyl groups excluding tert-OH is 1. The van der Waals surface area contributed by atoms with Crippen LogP contribution < -0.4 is 10.1 Å². The van der Waals surface area contributed by atoms with E-state index in [4.69, 9.17) is 10.00 Å². The Balaban J connectivity index is 2.58. The van der Waals surface area contributed by atoms with Crippen LogP contribution in [0.4, 0.5) is 4.39 Å². The summed E-state index contributed by atoms with van der Waals surface area (Å²) in [7, 11) is 0. The highest BCUT2D eigenvalue weighted by Crippen LogP contribution is 2.21. The van der Waals surface area contributed by atoms with Crippen molar-refractivity contribution in [3.8, 4) is 11.8 Å². The Labute approximate surface area is 104 Å². The zero-order valence-corrected chi connectivity index (χ0v) is 9.81. The van der Waals surface area contributed by atoms with E-state index in [-0.39, 0.29) is 18.9 Å². The molecule has 0 aliphatic heterocycles. The van der Waals surface area contributed by atoms with Crippen molar-refractivity contribution in [2.24, 2.45) is 0 Å². The van der Waals surface area contributed by atoms with Crippen molar-refractivity contribution in [1.29, 1.82) is 5.26 Å². The average Bonchev–Trinajstić information content (AvgIpc) is 2.34. The third-order valence-electron chi connectivity index (χ3n) is 2.16. The first-order valence-electron chi connectivity index (χ1n) is 5.28. The molecule has 6 heteroatoms. The van der Waals surface area contributed by atoms with Crippen molar-refractivity contribution >= 4 is 5.91 Å². The largest absolute Gasteiger partial charge is 0.481 e. The van der Waals surface area contributed by atoms with Gasteiger partial charge in [0.25, 0.3) is 5.91 Å². The second kappa shape index (κ2) is 6.57. The quantitative estimate of drug-likeness (QED) is 0.763. The van der Waals surface area contributed by atoms with Crippen molar-refractivity contribution in [3.05, 3.63) is 29.6 Å². The van der Waals surface area contributed by atoms with Gasteiger partial charge in [0.05, 0.1) is 12.2 Å². The van der Waals surface area contributed by atoms with Crippen molar-refractivity contribution in [2.75, 3.05) is 13.2 Å². The number of carbonyl (C=O) groups excluding carboxylic acids is 1. The van der Waals surface area contributed by atoms with E-state index in [1.165, 1.54) is 19.1 Å². The summed E-state index contributed by atoms with van der Waals surface area (Å²) in [6, 6.07) is 5.74. The topological polar surface area (TPSA) is 82.3 Å². The minimum atomic E-state index is -0.771. The van der Waals surface area contributed by atoms with Crippen LogP contribution in [0.5, 0.6) is 5.75 Å². The fraction of sp³-hybridized carbons (Fsp3) is 0.333. The van der Waals surface area contributed by atoms with Crippen molar-refractivity contribution in [1.82, 2.24) is 5.32 Å². The van der Waals surface area contributed by atoms with E-state index >= 15 is 0 Å². The molecule has 0 aliphatic rings. The molecule has 0 aliphatic carbocycles. The number of benzene rings is 1. The monoisotopic (exact) mass is 252 g/mol. The van der Waals surface area contributed by atoms with Gasteiger partial charge in [-0.05, 0) is 24.6 Å².